The molecule has 0 spiro atoms. The van der Waals surface area contributed by atoms with Gasteiger partial charge < -0.3 is 10.1 Å². The van der Waals surface area contributed by atoms with E-state index in [9.17, 15) is 10.1 Å². The highest BCUT2D eigenvalue weighted by atomic mass is 32.2. The van der Waals surface area contributed by atoms with Crippen LogP contribution in [-0.2, 0) is 15.1 Å². The third-order valence-electron chi connectivity index (χ3n) is 4.43. The molecule has 0 aliphatic carbocycles. The molecule has 2 atom stereocenters. The Hall–Kier alpha value is -2.46. The summed E-state index contributed by atoms with van der Waals surface area (Å²) in [5.74, 6) is 0.0871. The van der Waals surface area contributed by atoms with E-state index in [0.717, 1.165) is 18.4 Å². The van der Waals surface area contributed by atoms with Gasteiger partial charge in [-0.15, -0.1) is 11.8 Å². The molecule has 0 radical (unpaired) electrons. The SMILES string of the molecule is CCCC1(c2ccccc2)CC(Nc2n[nH]c(SC)c2C#N)C(=O)O1. The number of nitrogens with zero attached hydrogens (tertiary/aromatic N) is 2. The van der Waals surface area contributed by atoms with E-state index in [4.69, 9.17) is 4.74 Å². The molecule has 1 fully saturated rings. The topological polar surface area (TPSA) is 90.8 Å². The number of ether oxygens (including phenoxy) is 1. The molecule has 25 heavy (non-hydrogen) atoms. The average molecular weight is 356 g/mol. The molecule has 1 saturated heterocycles. The van der Waals surface area contributed by atoms with Crippen LogP contribution in [0.15, 0.2) is 35.4 Å². The molecule has 1 aromatic heterocycles. The van der Waals surface area contributed by atoms with Gasteiger partial charge >= 0.3 is 5.97 Å². The lowest BCUT2D eigenvalue weighted by Gasteiger charge is -2.27. The van der Waals surface area contributed by atoms with Crippen LogP contribution in [0.2, 0.25) is 0 Å². The Bertz CT molecular complexity index is 799. The maximum absolute atomic E-state index is 12.5. The lowest BCUT2D eigenvalue weighted by atomic mass is 9.85. The summed E-state index contributed by atoms with van der Waals surface area (Å²) in [5, 5.41) is 20.1. The fraction of sp³-hybridized carbons (Fsp3) is 0.389. The first-order valence-corrected chi connectivity index (χ1v) is 9.43. The Kier molecular flexibility index (Phi) is 5.00. The number of aromatic amines is 1. The monoisotopic (exact) mass is 356 g/mol. The Morgan fingerprint density at radius 3 is 2.88 bits per heavy atom. The van der Waals surface area contributed by atoms with Gasteiger partial charge in [0.2, 0.25) is 0 Å². The van der Waals surface area contributed by atoms with Crippen LogP contribution in [-0.4, -0.2) is 28.5 Å². The molecule has 2 N–H and O–H groups in total. The Balaban J connectivity index is 1.87. The smallest absolute Gasteiger partial charge is 0.329 e. The molecular weight excluding hydrogens is 336 g/mol. The van der Waals surface area contributed by atoms with Gasteiger partial charge in [-0.2, -0.15) is 10.4 Å². The molecule has 3 rings (SSSR count). The first kappa shape index (κ1) is 17.4. The van der Waals surface area contributed by atoms with Crippen molar-refractivity contribution in [2.45, 2.75) is 42.9 Å². The van der Waals surface area contributed by atoms with Crippen molar-refractivity contribution < 1.29 is 9.53 Å². The maximum atomic E-state index is 12.5. The number of cyclic esters (lactones) is 1. The van der Waals surface area contributed by atoms with E-state index in [1.807, 2.05) is 36.6 Å². The van der Waals surface area contributed by atoms with Crippen LogP contribution in [0.4, 0.5) is 5.82 Å². The molecule has 0 saturated carbocycles. The fourth-order valence-corrected chi connectivity index (χ4v) is 3.78. The molecule has 130 valence electrons. The van der Waals surface area contributed by atoms with Crippen molar-refractivity contribution in [1.29, 1.82) is 5.26 Å². The van der Waals surface area contributed by atoms with E-state index in [0.29, 0.717) is 22.8 Å². The Morgan fingerprint density at radius 2 is 2.24 bits per heavy atom. The zero-order chi connectivity index (χ0) is 17.9. The number of nitrogens with one attached hydrogen (secondary N) is 2. The number of carbonyl (C=O) groups excluding carboxylic acids is 1. The van der Waals surface area contributed by atoms with Gasteiger partial charge in [0, 0.05) is 6.42 Å². The van der Waals surface area contributed by atoms with Gasteiger partial charge in [0.15, 0.2) is 5.82 Å². The molecule has 6 nitrogen and oxygen atoms in total. The minimum Gasteiger partial charge on any atom is -0.453 e. The molecule has 0 amide bonds. The summed E-state index contributed by atoms with van der Waals surface area (Å²) in [4.78, 5) is 12.5. The second-order valence-corrected chi connectivity index (χ2v) is 6.84. The molecule has 2 unspecified atom stereocenters. The standard InChI is InChI=1S/C18H20N4O2S/c1-3-9-18(12-7-5-4-6-8-12)10-14(17(23)24-18)20-15-13(11-19)16(25-2)22-21-15/h4-8,14H,3,9-10H2,1-2H3,(H2,20,21,22). The van der Waals surface area contributed by atoms with E-state index >= 15 is 0 Å². The highest BCUT2D eigenvalue weighted by Gasteiger charge is 2.47. The van der Waals surface area contributed by atoms with Crippen molar-refractivity contribution >= 4 is 23.5 Å². The van der Waals surface area contributed by atoms with Crippen molar-refractivity contribution in [1.82, 2.24) is 10.2 Å². The lowest BCUT2D eigenvalue weighted by Crippen LogP contribution is -2.27. The summed E-state index contributed by atoms with van der Waals surface area (Å²) < 4.78 is 5.84. The predicted molar refractivity (Wildman–Crippen MR) is 96.2 cm³/mol. The number of esters is 1. The number of hydrogen-bond acceptors (Lipinski definition) is 6. The van der Waals surface area contributed by atoms with Crippen LogP contribution < -0.4 is 5.32 Å². The molecule has 1 aliphatic heterocycles. The minimum atomic E-state index is -0.629. The van der Waals surface area contributed by atoms with Crippen LogP contribution in [0, 0.1) is 11.3 Å². The third-order valence-corrected chi connectivity index (χ3v) is 5.13. The summed E-state index contributed by atoms with van der Waals surface area (Å²) in [5.41, 5.74) is 0.797. The first-order valence-electron chi connectivity index (χ1n) is 8.21. The number of carbonyl (C=O) groups is 1. The molecule has 2 heterocycles. The van der Waals surface area contributed by atoms with Crippen molar-refractivity contribution in [3.63, 3.8) is 0 Å². The van der Waals surface area contributed by atoms with Crippen molar-refractivity contribution in [3.05, 3.63) is 41.5 Å². The van der Waals surface area contributed by atoms with Crippen LogP contribution in [0.25, 0.3) is 0 Å². The highest BCUT2D eigenvalue weighted by Crippen LogP contribution is 2.42. The van der Waals surface area contributed by atoms with E-state index in [1.165, 1.54) is 11.8 Å². The van der Waals surface area contributed by atoms with Gasteiger partial charge in [-0.05, 0) is 18.2 Å². The van der Waals surface area contributed by atoms with Crippen LogP contribution in [0.1, 0.15) is 37.3 Å². The second-order valence-electron chi connectivity index (χ2n) is 6.02. The second kappa shape index (κ2) is 7.19. The fourth-order valence-electron chi connectivity index (χ4n) is 3.30. The zero-order valence-electron chi connectivity index (χ0n) is 14.2. The quantitative estimate of drug-likeness (QED) is 0.609. The van der Waals surface area contributed by atoms with Crippen molar-refractivity contribution in [2.24, 2.45) is 0 Å². The van der Waals surface area contributed by atoms with Gasteiger partial charge in [0.25, 0.3) is 0 Å². The minimum absolute atomic E-state index is 0.310. The van der Waals surface area contributed by atoms with Gasteiger partial charge in [0.05, 0.1) is 0 Å². The van der Waals surface area contributed by atoms with Crippen molar-refractivity contribution in [2.75, 3.05) is 11.6 Å². The molecule has 1 aromatic carbocycles. The number of thioether (sulfide) groups is 1. The summed E-state index contributed by atoms with van der Waals surface area (Å²) in [6, 6.07) is 11.4. The van der Waals surface area contributed by atoms with Gasteiger partial charge in [-0.25, -0.2) is 4.79 Å². The Morgan fingerprint density at radius 1 is 1.48 bits per heavy atom. The number of hydrogen-bond donors (Lipinski definition) is 2. The van der Waals surface area contributed by atoms with Crippen LogP contribution in [0.3, 0.4) is 0 Å². The van der Waals surface area contributed by atoms with Crippen molar-refractivity contribution in [3.8, 4) is 6.07 Å². The van der Waals surface area contributed by atoms with Gasteiger partial charge in [-0.3, -0.25) is 5.10 Å². The largest absolute Gasteiger partial charge is 0.453 e. The average Bonchev–Trinajstić information content (AvgIpc) is 3.17. The number of nitriles is 1. The number of anilines is 1. The first-order chi connectivity index (χ1) is 12.1. The summed E-state index contributed by atoms with van der Waals surface area (Å²) in [6.07, 6.45) is 4.03. The van der Waals surface area contributed by atoms with E-state index in [2.05, 4.69) is 28.5 Å². The normalized spacial score (nSPS) is 22.4. The highest BCUT2D eigenvalue weighted by molar-refractivity contribution is 7.98. The summed E-state index contributed by atoms with van der Waals surface area (Å²) >= 11 is 1.41. The molecule has 1 aliphatic rings. The van der Waals surface area contributed by atoms with Gasteiger partial charge in [0.1, 0.15) is 28.3 Å². The number of benzene rings is 1. The van der Waals surface area contributed by atoms with E-state index in [-0.39, 0.29) is 5.97 Å². The lowest BCUT2D eigenvalue weighted by molar-refractivity contribution is -0.150. The summed E-state index contributed by atoms with van der Waals surface area (Å²) in [6.45, 7) is 2.07. The third kappa shape index (κ3) is 3.22. The van der Waals surface area contributed by atoms with Gasteiger partial charge in [-0.1, -0.05) is 43.7 Å². The van der Waals surface area contributed by atoms with E-state index < -0.39 is 11.6 Å². The zero-order valence-corrected chi connectivity index (χ0v) is 15.0. The number of rotatable bonds is 6. The molecule has 2 aromatic rings. The van der Waals surface area contributed by atoms with Crippen LogP contribution >= 0.6 is 11.8 Å². The van der Waals surface area contributed by atoms with E-state index in [1.54, 1.807) is 0 Å². The Labute approximate surface area is 151 Å². The summed E-state index contributed by atoms with van der Waals surface area (Å²) in [7, 11) is 0. The number of aromatic nitrogens is 2. The molecule has 7 heteroatoms. The number of H-pyrrole nitrogens is 1. The molecular formula is C18H20N4O2S. The van der Waals surface area contributed by atoms with Crippen LogP contribution in [0.5, 0.6) is 0 Å². The predicted octanol–water partition coefficient (Wildman–Crippen LogP) is 3.43. The molecule has 0 bridgehead atoms. The maximum Gasteiger partial charge on any atom is 0.329 e.